The second-order valence-electron chi connectivity index (χ2n) is 7.89. The number of carbonyl (C=O) groups is 2. The topological polar surface area (TPSA) is 128 Å². The van der Waals surface area contributed by atoms with Crippen LogP contribution in [0.5, 0.6) is 0 Å². The minimum Gasteiger partial charge on any atom is -0.381 e. The lowest BCUT2D eigenvalue weighted by atomic mass is 10.1. The van der Waals surface area contributed by atoms with E-state index in [9.17, 15) is 9.59 Å². The predicted molar refractivity (Wildman–Crippen MR) is 107 cm³/mol. The van der Waals surface area contributed by atoms with Gasteiger partial charge < -0.3 is 19.5 Å². The molecular weight excluding hydrogens is 402 g/mol. The molecule has 0 radical (unpaired) electrons. The van der Waals surface area contributed by atoms with Gasteiger partial charge in [-0.2, -0.15) is 4.98 Å². The van der Waals surface area contributed by atoms with Gasteiger partial charge in [0.25, 0.3) is 5.89 Å². The molecular formula is C20H23N7O4. The minimum atomic E-state index is -0.355. The van der Waals surface area contributed by atoms with E-state index in [1.165, 1.54) is 0 Å². The number of amides is 2. The Bertz CT molecular complexity index is 1120. The van der Waals surface area contributed by atoms with E-state index >= 15 is 0 Å². The number of rotatable bonds is 5. The highest BCUT2D eigenvalue weighted by Gasteiger charge is 2.38. The Kier molecular flexibility index (Phi) is 5.10. The van der Waals surface area contributed by atoms with Crippen molar-refractivity contribution in [2.75, 3.05) is 19.8 Å². The lowest BCUT2D eigenvalue weighted by molar-refractivity contribution is -0.131. The molecule has 5 heterocycles. The van der Waals surface area contributed by atoms with Crippen LogP contribution in [0.3, 0.4) is 0 Å². The third-order valence-corrected chi connectivity index (χ3v) is 5.84. The molecule has 5 rings (SSSR count). The van der Waals surface area contributed by atoms with Crippen molar-refractivity contribution < 1.29 is 18.8 Å². The highest BCUT2D eigenvalue weighted by molar-refractivity contribution is 5.89. The number of pyridine rings is 1. The highest BCUT2D eigenvalue weighted by atomic mass is 16.5. The van der Waals surface area contributed by atoms with E-state index in [1.807, 2.05) is 23.2 Å². The summed E-state index contributed by atoms with van der Waals surface area (Å²) in [5, 5.41) is 15.2. The average Bonchev–Trinajstić information content (AvgIpc) is 3.51. The Balaban J connectivity index is 1.26. The van der Waals surface area contributed by atoms with Crippen LogP contribution < -0.4 is 5.32 Å². The number of carbonyl (C=O) groups excluding carboxylic acids is 2. The molecule has 2 aliphatic rings. The molecule has 2 saturated heterocycles. The Morgan fingerprint density at radius 3 is 2.90 bits per heavy atom. The van der Waals surface area contributed by atoms with Crippen LogP contribution in [0.25, 0.3) is 17.1 Å². The first kappa shape index (κ1) is 19.6. The molecule has 162 valence electrons. The molecule has 31 heavy (non-hydrogen) atoms. The molecule has 11 nitrogen and oxygen atoms in total. The first-order valence-electron chi connectivity index (χ1n) is 10.4. The van der Waals surface area contributed by atoms with Crippen LogP contribution >= 0.6 is 0 Å². The normalized spacial score (nSPS) is 20.0. The van der Waals surface area contributed by atoms with E-state index < -0.39 is 0 Å². The Morgan fingerprint density at radius 1 is 1.29 bits per heavy atom. The molecule has 0 saturated carbocycles. The standard InChI is InChI=1S/C20H23N7O4/c1-12-22-20(31-25-12)15-3-2-6-26-16(23-24-18(15)26)10-21-19(29)13-9-17(28)27(11-13)14-4-7-30-8-5-14/h2-3,6,13-14H,4-5,7-11H2,1H3,(H,21,29). The Morgan fingerprint density at radius 2 is 2.13 bits per heavy atom. The summed E-state index contributed by atoms with van der Waals surface area (Å²) in [6.07, 6.45) is 3.71. The highest BCUT2D eigenvalue weighted by Crippen LogP contribution is 2.25. The van der Waals surface area contributed by atoms with Gasteiger partial charge in [0.2, 0.25) is 11.8 Å². The monoisotopic (exact) mass is 425 g/mol. The van der Waals surface area contributed by atoms with Gasteiger partial charge in [-0.15, -0.1) is 10.2 Å². The fourth-order valence-corrected chi connectivity index (χ4v) is 4.23. The maximum Gasteiger partial charge on any atom is 0.261 e. The van der Waals surface area contributed by atoms with Crippen molar-refractivity contribution in [2.24, 2.45) is 5.92 Å². The number of nitrogens with one attached hydrogen (secondary N) is 1. The summed E-state index contributed by atoms with van der Waals surface area (Å²) in [7, 11) is 0. The van der Waals surface area contributed by atoms with Crippen molar-refractivity contribution in [1.29, 1.82) is 0 Å². The van der Waals surface area contributed by atoms with E-state index in [2.05, 4.69) is 25.7 Å². The maximum absolute atomic E-state index is 12.7. The quantitative estimate of drug-likeness (QED) is 0.634. The van der Waals surface area contributed by atoms with Gasteiger partial charge in [0.15, 0.2) is 17.3 Å². The largest absolute Gasteiger partial charge is 0.381 e. The fraction of sp³-hybridized carbons (Fsp3) is 0.500. The summed E-state index contributed by atoms with van der Waals surface area (Å²) >= 11 is 0. The van der Waals surface area contributed by atoms with Crippen LogP contribution in [0, 0.1) is 12.8 Å². The number of nitrogens with zero attached hydrogens (tertiary/aromatic N) is 6. The van der Waals surface area contributed by atoms with Crippen LogP contribution in [0.4, 0.5) is 0 Å². The zero-order valence-electron chi connectivity index (χ0n) is 17.2. The first-order valence-corrected chi connectivity index (χ1v) is 10.4. The molecule has 0 spiro atoms. The van der Waals surface area contributed by atoms with Gasteiger partial charge in [0.1, 0.15) is 0 Å². The van der Waals surface area contributed by atoms with Crippen molar-refractivity contribution in [3.05, 3.63) is 30.0 Å². The lowest BCUT2D eigenvalue weighted by Crippen LogP contribution is -2.41. The Hall–Kier alpha value is -3.34. The SMILES string of the molecule is Cc1noc(-c2cccn3c(CNC(=O)C4CC(=O)N(C5CCOCC5)C4)nnc23)n1. The number of aryl methyl sites for hydroxylation is 1. The summed E-state index contributed by atoms with van der Waals surface area (Å²) in [4.78, 5) is 31.3. The van der Waals surface area contributed by atoms with Crippen LogP contribution in [0.1, 0.15) is 30.9 Å². The van der Waals surface area contributed by atoms with Gasteiger partial charge in [-0.3, -0.25) is 14.0 Å². The molecule has 11 heteroatoms. The van der Waals surface area contributed by atoms with Crippen molar-refractivity contribution in [3.8, 4) is 11.5 Å². The molecule has 1 N–H and O–H groups in total. The van der Waals surface area contributed by atoms with Crippen molar-refractivity contribution in [3.63, 3.8) is 0 Å². The number of aromatic nitrogens is 5. The molecule has 0 aliphatic carbocycles. The van der Waals surface area contributed by atoms with Crippen molar-refractivity contribution in [2.45, 2.75) is 38.8 Å². The number of likely N-dealkylation sites (tertiary alicyclic amines) is 1. The second kappa shape index (κ2) is 8.06. The minimum absolute atomic E-state index is 0.0412. The number of hydrogen-bond donors (Lipinski definition) is 1. The molecule has 0 aromatic carbocycles. The molecule has 3 aromatic rings. The van der Waals surface area contributed by atoms with Gasteiger partial charge in [-0.25, -0.2) is 0 Å². The third kappa shape index (κ3) is 3.76. The second-order valence-corrected chi connectivity index (χ2v) is 7.89. The molecule has 1 atom stereocenters. The van der Waals surface area contributed by atoms with Crippen LogP contribution in [0.15, 0.2) is 22.9 Å². The zero-order chi connectivity index (χ0) is 21.4. The number of ether oxygens (including phenoxy) is 1. The van der Waals surface area contributed by atoms with Gasteiger partial charge in [0.05, 0.1) is 18.0 Å². The summed E-state index contributed by atoms with van der Waals surface area (Å²) in [5.74, 6) is 1.01. The maximum atomic E-state index is 12.7. The average molecular weight is 425 g/mol. The molecule has 2 amide bonds. The van der Waals surface area contributed by atoms with E-state index in [0.717, 1.165) is 12.8 Å². The van der Waals surface area contributed by atoms with Gasteiger partial charge in [-0.1, -0.05) is 5.16 Å². The third-order valence-electron chi connectivity index (χ3n) is 5.84. The van der Waals surface area contributed by atoms with Crippen LogP contribution in [-0.4, -0.2) is 67.3 Å². The molecule has 2 aliphatic heterocycles. The lowest BCUT2D eigenvalue weighted by Gasteiger charge is -2.31. The van der Waals surface area contributed by atoms with Crippen molar-refractivity contribution >= 4 is 17.5 Å². The fourth-order valence-electron chi connectivity index (χ4n) is 4.23. The van der Waals surface area contributed by atoms with Gasteiger partial charge in [0, 0.05) is 38.4 Å². The molecule has 0 bridgehead atoms. The summed E-state index contributed by atoms with van der Waals surface area (Å²) < 4.78 is 12.4. The van der Waals surface area contributed by atoms with Crippen molar-refractivity contribution in [1.82, 2.24) is 35.0 Å². The molecule has 2 fully saturated rings. The molecule has 3 aromatic heterocycles. The van der Waals surface area contributed by atoms with Gasteiger partial charge in [-0.05, 0) is 31.9 Å². The predicted octanol–water partition coefficient (Wildman–Crippen LogP) is 0.731. The van der Waals surface area contributed by atoms with E-state index in [1.54, 1.807) is 11.3 Å². The van der Waals surface area contributed by atoms with E-state index in [-0.39, 0.29) is 36.7 Å². The first-order chi connectivity index (χ1) is 15.1. The molecule has 1 unspecified atom stereocenters. The summed E-state index contributed by atoms with van der Waals surface area (Å²) in [6, 6.07) is 3.83. The number of fused-ring (bicyclic) bond motifs is 1. The smallest absolute Gasteiger partial charge is 0.261 e. The summed E-state index contributed by atoms with van der Waals surface area (Å²) in [5.41, 5.74) is 1.24. The summed E-state index contributed by atoms with van der Waals surface area (Å²) in [6.45, 7) is 3.73. The Labute approximate surface area is 177 Å². The van der Waals surface area contributed by atoms with Crippen LogP contribution in [0.2, 0.25) is 0 Å². The van der Waals surface area contributed by atoms with E-state index in [4.69, 9.17) is 9.26 Å². The van der Waals surface area contributed by atoms with E-state index in [0.29, 0.717) is 48.5 Å². The van der Waals surface area contributed by atoms with Crippen LogP contribution in [-0.2, 0) is 20.9 Å². The zero-order valence-corrected chi connectivity index (χ0v) is 17.2. The van der Waals surface area contributed by atoms with Gasteiger partial charge >= 0.3 is 0 Å². The number of hydrogen-bond acceptors (Lipinski definition) is 8.